The Labute approximate surface area is 126 Å². The first-order valence-corrected chi connectivity index (χ1v) is 8.76. The lowest BCUT2D eigenvalue weighted by Gasteiger charge is -2.32. The number of carbonyl (C=O) groups is 1. The number of ether oxygens (including phenoxy) is 1. The van der Waals surface area contributed by atoms with Crippen LogP contribution in [0.2, 0.25) is 0 Å². The summed E-state index contributed by atoms with van der Waals surface area (Å²) < 4.78 is 17.6. The molecule has 0 aliphatic heterocycles. The highest BCUT2D eigenvalue weighted by Crippen LogP contribution is 2.49. The molecule has 1 rings (SSSR count). The maximum atomic E-state index is 12.4. The predicted molar refractivity (Wildman–Crippen MR) is 84.1 cm³/mol. The monoisotopic (exact) mass is 302 g/mol. The minimum atomic E-state index is -0.935. The topological polar surface area (TPSA) is 43.4 Å². The molecule has 118 valence electrons. The third-order valence-corrected chi connectivity index (χ3v) is 5.96. The smallest absolute Gasteiger partial charge is 0.306 e. The number of rotatable bonds is 5. The van der Waals surface area contributed by atoms with Crippen LogP contribution < -0.4 is 0 Å². The summed E-state index contributed by atoms with van der Waals surface area (Å²) in [4.78, 5) is 12.1. The molecule has 0 saturated heterocycles. The van der Waals surface area contributed by atoms with Crippen molar-refractivity contribution in [2.75, 3.05) is 5.75 Å². The minimum Gasteiger partial charge on any atom is -0.460 e. The van der Waals surface area contributed by atoms with Crippen LogP contribution in [0.4, 0.5) is 0 Å². The van der Waals surface area contributed by atoms with Crippen LogP contribution >= 0.6 is 0 Å². The van der Waals surface area contributed by atoms with E-state index in [1.54, 1.807) is 0 Å². The van der Waals surface area contributed by atoms with E-state index < -0.39 is 16.4 Å². The first-order chi connectivity index (χ1) is 8.83. The first kappa shape index (κ1) is 17.7. The van der Waals surface area contributed by atoms with Crippen molar-refractivity contribution in [2.45, 2.75) is 78.1 Å². The lowest BCUT2D eigenvalue weighted by atomic mass is 9.83. The molecular formula is C16H30O3S. The van der Waals surface area contributed by atoms with Crippen LogP contribution in [-0.2, 0) is 20.3 Å². The molecule has 2 atom stereocenters. The van der Waals surface area contributed by atoms with Crippen molar-refractivity contribution >= 4 is 16.8 Å². The van der Waals surface area contributed by atoms with Crippen LogP contribution in [0.25, 0.3) is 0 Å². The molecule has 20 heavy (non-hydrogen) atoms. The molecule has 0 bridgehead atoms. The van der Waals surface area contributed by atoms with Crippen LogP contribution in [-0.4, -0.2) is 26.3 Å². The SMILES string of the molecule is CC(C)(C)OC(=O)CC(C)(CS(=O)C(C)(C)C)C1CC1. The molecule has 1 aliphatic carbocycles. The van der Waals surface area contributed by atoms with Gasteiger partial charge < -0.3 is 4.74 Å². The standard InChI is InChI=1S/C16H30O3S/c1-14(2,3)19-13(17)10-16(7,12-8-9-12)11-20(18)15(4,5)6/h12H,8-11H2,1-7H3. The van der Waals surface area contributed by atoms with Gasteiger partial charge in [-0.2, -0.15) is 0 Å². The van der Waals surface area contributed by atoms with Crippen molar-refractivity contribution in [3.05, 3.63) is 0 Å². The Morgan fingerprint density at radius 1 is 1.10 bits per heavy atom. The van der Waals surface area contributed by atoms with Crippen molar-refractivity contribution in [3.8, 4) is 0 Å². The fourth-order valence-corrected chi connectivity index (χ4v) is 3.69. The Morgan fingerprint density at radius 3 is 1.95 bits per heavy atom. The molecule has 0 aromatic heterocycles. The molecular weight excluding hydrogens is 272 g/mol. The van der Waals surface area contributed by atoms with Crippen molar-refractivity contribution in [2.24, 2.45) is 11.3 Å². The van der Waals surface area contributed by atoms with Crippen molar-refractivity contribution in [3.63, 3.8) is 0 Å². The second kappa shape index (κ2) is 5.78. The largest absolute Gasteiger partial charge is 0.460 e. The van der Waals surface area contributed by atoms with E-state index in [9.17, 15) is 9.00 Å². The van der Waals surface area contributed by atoms with E-state index in [0.29, 0.717) is 18.1 Å². The van der Waals surface area contributed by atoms with Gasteiger partial charge in [0.1, 0.15) is 5.60 Å². The van der Waals surface area contributed by atoms with Gasteiger partial charge in [-0.1, -0.05) is 6.92 Å². The van der Waals surface area contributed by atoms with Crippen LogP contribution in [0.3, 0.4) is 0 Å². The van der Waals surface area contributed by atoms with Gasteiger partial charge in [0.15, 0.2) is 0 Å². The molecule has 0 radical (unpaired) electrons. The van der Waals surface area contributed by atoms with E-state index >= 15 is 0 Å². The van der Waals surface area contributed by atoms with Crippen LogP contribution in [0.5, 0.6) is 0 Å². The van der Waals surface area contributed by atoms with Gasteiger partial charge in [-0.3, -0.25) is 9.00 Å². The summed E-state index contributed by atoms with van der Waals surface area (Å²) in [5.74, 6) is 0.930. The summed E-state index contributed by atoms with van der Waals surface area (Å²) in [6, 6.07) is 0. The molecule has 1 saturated carbocycles. The summed E-state index contributed by atoms with van der Waals surface area (Å²) in [6.07, 6.45) is 2.65. The summed E-state index contributed by atoms with van der Waals surface area (Å²) >= 11 is 0. The Kier molecular flexibility index (Phi) is 5.11. The van der Waals surface area contributed by atoms with Gasteiger partial charge in [-0.05, 0) is 65.7 Å². The van der Waals surface area contributed by atoms with Crippen LogP contribution in [0, 0.1) is 11.3 Å². The van der Waals surface area contributed by atoms with E-state index in [1.165, 1.54) is 0 Å². The van der Waals surface area contributed by atoms with Crippen LogP contribution in [0.1, 0.15) is 67.7 Å². The zero-order valence-electron chi connectivity index (χ0n) is 14.0. The predicted octanol–water partition coefficient (Wildman–Crippen LogP) is 3.68. The van der Waals surface area contributed by atoms with Crippen molar-refractivity contribution in [1.29, 1.82) is 0 Å². The highest BCUT2D eigenvalue weighted by molar-refractivity contribution is 7.86. The molecule has 0 aromatic carbocycles. The van der Waals surface area contributed by atoms with Gasteiger partial charge in [0.25, 0.3) is 0 Å². The van der Waals surface area contributed by atoms with Gasteiger partial charge in [-0.25, -0.2) is 0 Å². The molecule has 0 spiro atoms. The Morgan fingerprint density at radius 2 is 1.60 bits per heavy atom. The maximum Gasteiger partial charge on any atom is 0.306 e. The molecule has 0 heterocycles. The first-order valence-electron chi connectivity index (χ1n) is 7.44. The number of hydrogen-bond acceptors (Lipinski definition) is 3. The van der Waals surface area contributed by atoms with Gasteiger partial charge in [0.2, 0.25) is 0 Å². The van der Waals surface area contributed by atoms with E-state index in [4.69, 9.17) is 4.74 Å². The molecule has 2 unspecified atom stereocenters. The molecule has 0 amide bonds. The van der Waals surface area contributed by atoms with Gasteiger partial charge in [-0.15, -0.1) is 0 Å². The molecule has 4 heteroatoms. The average molecular weight is 302 g/mol. The number of hydrogen-bond donors (Lipinski definition) is 0. The lowest BCUT2D eigenvalue weighted by Crippen LogP contribution is -2.37. The number of esters is 1. The summed E-state index contributed by atoms with van der Waals surface area (Å²) in [5.41, 5.74) is -0.648. The van der Waals surface area contributed by atoms with E-state index in [1.807, 2.05) is 41.5 Å². The fraction of sp³-hybridized carbons (Fsp3) is 0.938. The highest BCUT2D eigenvalue weighted by Gasteiger charge is 2.45. The van der Waals surface area contributed by atoms with Crippen LogP contribution in [0.15, 0.2) is 0 Å². The van der Waals surface area contributed by atoms with E-state index in [0.717, 1.165) is 12.8 Å². The van der Waals surface area contributed by atoms with Crippen molar-refractivity contribution in [1.82, 2.24) is 0 Å². The zero-order valence-corrected chi connectivity index (χ0v) is 14.9. The second-order valence-corrected chi connectivity index (χ2v) is 10.5. The summed E-state index contributed by atoms with van der Waals surface area (Å²) in [7, 11) is -0.935. The molecule has 3 nitrogen and oxygen atoms in total. The molecule has 1 fully saturated rings. The fourth-order valence-electron chi connectivity index (χ4n) is 2.32. The zero-order chi connectivity index (χ0) is 15.8. The third-order valence-electron chi connectivity index (χ3n) is 3.67. The molecule has 1 aliphatic rings. The Balaban J connectivity index is 2.73. The quantitative estimate of drug-likeness (QED) is 0.728. The third kappa shape index (κ3) is 5.55. The second-order valence-electron chi connectivity index (χ2n) is 8.29. The van der Waals surface area contributed by atoms with Gasteiger partial charge in [0.05, 0.1) is 6.42 Å². The van der Waals surface area contributed by atoms with Gasteiger partial charge >= 0.3 is 5.97 Å². The molecule has 0 N–H and O–H groups in total. The lowest BCUT2D eigenvalue weighted by molar-refractivity contribution is -0.157. The minimum absolute atomic E-state index is 0.169. The normalized spacial score (nSPS) is 21.1. The summed E-state index contributed by atoms with van der Waals surface area (Å²) in [6.45, 7) is 13.7. The Hall–Kier alpha value is -0.380. The number of carbonyl (C=O) groups excluding carboxylic acids is 1. The van der Waals surface area contributed by atoms with Crippen molar-refractivity contribution < 1.29 is 13.7 Å². The van der Waals surface area contributed by atoms with E-state index in [2.05, 4.69) is 6.92 Å². The molecule has 0 aromatic rings. The summed E-state index contributed by atoms with van der Waals surface area (Å²) in [5, 5.41) is 0. The average Bonchev–Trinajstić information content (AvgIpc) is 2.93. The maximum absolute atomic E-state index is 12.4. The highest BCUT2D eigenvalue weighted by atomic mass is 32.2. The van der Waals surface area contributed by atoms with Gasteiger partial charge in [0, 0.05) is 21.3 Å². The Bertz CT molecular complexity index is 386. The van der Waals surface area contributed by atoms with E-state index in [-0.39, 0.29) is 16.1 Å².